The fourth-order valence-electron chi connectivity index (χ4n) is 1.76. The van der Waals surface area contributed by atoms with Gasteiger partial charge in [0.2, 0.25) is 21.9 Å². The normalized spacial score (nSPS) is 11.5. The maximum absolute atomic E-state index is 11.8. The predicted molar refractivity (Wildman–Crippen MR) is 84.5 cm³/mol. The van der Waals surface area contributed by atoms with Gasteiger partial charge in [0.15, 0.2) is 5.82 Å². The van der Waals surface area contributed by atoms with Gasteiger partial charge in [-0.3, -0.25) is 15.2 Å². The molecule has 2 N–H and O–H groups in total. The summed E-state index contributed by atoms with van der Waals surface area (Å²) < 4.78 is 28.7. The first kappa shape index (κ1) is 16.9. The highest BCUT2D eigenvalue weighted by Crippen LogP contribution is 2.26. The molecule has 1 amide bonds. The van der Waals surface area contributed by atoms with Crippen molar-refractivity contribution in [3.63, 3.8) is 0 Å². The number of carbonyl (C=O) groups excluding carboxylic acids is 1. The number of benzene rings is 1. The van der Waals surface area contributed by atoms with Crippen LogP contribution in [-0.4, -0.2) is 60.8 Å². The monoisotopic (exact) mass is 339 g/mol. The molecule has 1 aromatic carbocycles. The largest absolute Gasteiger partial charge is 0.496 e. The highest BCUT2D eigenvalue weighted by Gasteiger charge is 2.17. The summed E-state index contributed by atoms with van der Waals surface area (Å²) in [5.41, 5.74) is 0.691. The summed E-state index contributed by atoms with van der Waals surface area (Å²) in [5.74, 6) is 0.550. The second-order valence-corrected chi connectivity index (χ2v) is 6.86. The van der Waals surface area contributed by atoms with E-state index in [1.54, 1.807) is 19.2 Å². The molecule has 23 heavy (non-hydrogen) atoms. The van der Waals surface area contributed by atoms with E-state index in [1.807, 2.05) is 12.1 Å². The van der Waals surface area contributed by atoms with Crippen LogP contribution in [0.2, 0.25) is 0 Å². The average molecular weight is 339 g/mol. The molecule has 0 atom stereocenters. The molecule has 0 radical (unpaired) electrons. The van der Waals surface area contributed by atoms with Gasteiger partial charge in [-0.15, -0.1) is 5.10 Å². The molecule has 0 aliphatic rings. The number of hydrogen-bond donors (Lipinski definition) is 2. The Kier molecular flexibility index (Phi) is 4.96. The van der Waals surface area contributed by atoms with Crippen LogP contribution in [0.15, 0.2) is 24.3 Å². The van der Waals surface area contributed by atoms with Crippen LogP contribution < -0.4 is 10.1 Å². The molecule has 10 heteroatoms. The van der Waals surface area contributed by atoms with Crippen molar-refractivity contribution in [1.29, 1.82) is 0 Å². The third-order valence-corrected chi connectivity index (χ3v) is 4.29. The van der Waals surface area contributed by atoms with Gasteiger partial charge in [0.1, 0.15) is 5.75 Å². The minimum absolute atomic E-state index is 0.0535. The predicted octanol–water partition coefficient (Wildman–Crippen LogP) is 0.310. The minimum Gasteiger partial charge on any atom is -0.496 e. The molecule has 0 saturated heterocycles. The molecular formula is C13H17N5O4S. The van der Waals surface area contributed by atoms with E-state index in [4.69, 9.17) is 4.74 Å². The Bertz CT molecular complexity index is 802. The number of para-hydroxylation sites is 1. The number of nitrogens with one attached hydrogen (secondary N) is 2. The number of sulfonamides is 1. The fraction of sp³-hybridized carbons (Fsp3) is 0.308. The first-order valence-corrected chi connectivity index (χ1v) is 8.43. The zero-order chi connectivity index (χ0) is 17.0. The summed E-state index contributed by atoms with van der Waals surface area (Å²) >= 11 is 0. The Morgan fingerprint density at radius 2 is 2.09 bits per heavy atom. The quantitative estimate of drug-likeness (QED) is 0.782. The number of ether oxygens (including phenoxy) is 1. The first-order valence-electron chi connectivity index (χ1n) is 6.58. The van der Waals surface area contributed by atoms with Crippen LogP contribution in [0, 0.1) is 0 Å². The Hall–Kier alpha value is -2.46. The minimum atomic E-state index is -3.43. The van der Waals surface area contributed by atoms with E-state index in [9.17, 15) is 13.2 Å². The molecule has 0 spiro atoms. The summed E-state index contributed by atoms with van der Waals surface area (Å²) in [6.07, 6.45) is 1.02. The molecule has 9 nitrogen and oxygen atoms in total. The molecular weight excluding hydrogens is 322 g/mol. The van der Waals surface area contributed by atoms with Crippen LogP contribution >= 0.6 is 0 Å². The van der Waals surface area contributed by atoms with Gasteiger partial charge in [-0.2, -0.15) is 9.29 Å². The zero-order valence-corrected chi connectivity index (χ0v) is 13.7. The van der Waals surface area contributed by atoms with Gasteiger partial charge in [-0.1, -0.05) is 12.1 Å². The van der Waals surface area contributed by atoms with Crippen molar-refractivity contribution >= 4 is 21.9 Å². The number of methoxy groups -OCH3 is 1. The highest BCUT2D eigenvalue weighted by molar-refractivity contribution is 7.88. The summed E-state index contributed by atoms with van der Waals surface area (Å²) in [7, 11) is -0.576. The average Bonchev–Trinajstić information content (AvgIpc) is 2.94. The van der Waals surface area contributed by atoms with Gasteiger partial charge in [0.05, 0.1) is 25.5 Å². The fourth-order valence-corrected chi connectivity index (χ4v) is 2.11. The van der Waals surface area contributed by atoms with Crippen LogP contribution in [0.4, 0.5) is 5.95 Å². The van der Waals surface area contributed by atoms with Gasteiger partial charge in [0.25, 0.3) is 0 Å². The molecule has 0 bridgehead atoms. The molecule has 0 fully saturated rings. The SMILES string of the molecule is COc1ccccc1-c1nc(NC(=O)CN(C)S(C)(=O)=O)n[nH]1. The van der Waals surface area contributed by atoms with Gasteiger partial charge >= 0.3 is 0 Å². The van der Waals surface area contributed by atoms with Gasteiger partial charge in [-0.25, -0.2) is 8.42 Å². The molecule has 124 valence electrons. The van der Waals surface area contributed by atoms with Crippen LogP contribution in [0.5, 0.6) is 5.75 Å². The number of carbonyl (C=O) groups is 1. The van der Waals surface area contributed by atoms with Crippen LogP contribution in [0.3, 0.4) is 0 Å². The zero-order valence-electron chi connectivity index (χ0n) is 12.9. The third kappa shape index (κ3) is 4.27. The summed E-state index contributed by atoms with van der Waals surface area (Å²) in [6, 6.07) is 7.21. The van der Waals surface area contributed by atoms with Crippen LogP contribution in [0.1, 0.15) is 0 Å². The summed E-state index contributed by atoms with van der Waals surface area (Å²) in [5, 5.41) is 9.02. The van der Waals surface area contributed by atoms with Crippen molar-refractivity contribution in [1.82, 2.24) is 19.5 Å². The number of anilines is 1. The number of aromatic amines is 1. The lowest BCUT2D eigenvalue weighted by molar-refractivity contribution is -0.116. The highest BCUT2D eigenvalue weighted by atomic mass is 32.2. The van der Waals surface area contributed by atoms with E-state index in [0.717, 1.165) is 10.6 Å². The maximum Gasteiger partial charge on any atom is 0.249 e. The van der Waals surface area contributed by atoms with Crippen molar-refractivity contribution in [3.05, 3.63) is 24.3 Å². The lowest BCUT2D eigenvalue weighted by Crippen LogP contribution is -2.34. The van der Waals surface area contributed by atoms with E-state index in [0.29, 0.717) is 17.1 Å². The van der Waals surface area contributed by atoms with E-state index in [1.165, 1.54) is 7.05 Å². The molecule has 1 heterocycles. The molecule has 2 rings (SSSR count). The Morgan fingerprint density at radius 1 is 1.39 bits per heavy atom. The maximum atomic E-state index is 11.8. The molecule has 0 saturated carbocycles. The second-order valence-electron chi connectivity index (χ2n) is 4.78. The number of rotatable bonds is 6. The number of aromatic nitrogens is 3. The smallest absolute Gasteiger partial charge is 0.249 e. The molecule has 0 aliphatic carbocycles. The van der Waals surface area contributed by atoms with Crippen LogP contribution in [0.25, 0.3) is 11.4 Å². The second kappa shape index (κ2) is 6.75. The molecule has 2 aromatic rings. The molecule has 1 aromatic heterocycles. The number of amides is 1. The number of nitrogens with zero attached hydrogens (tertiary/aromatic N) is 3. The first-order chi connectivity index (χ1) is 10.8. The Balaban J connectivity index is 2.10. The lowest BCUT2D eigenvalue weighted by Gasteiger charge is -2.12. The van der Waals surface area contributed by atoms with Crippen molar-refractivity contribution in [2.24, 2.45) is 0 Å². The van der Waals surface area contributed by atoms with Crippen molar-refractivity contribution in [2.75, 3.05) is 32.3 Å². The van der Waals surface area contributed by atoms with Gasteiger partial charge in [-0.05, 0) is 12.1 Å². The number of H-pyrrole nitrogens is 1. The van der Waals surface area contributed by atoms with Gasteiger partial charge in [0, 0.05) is 7.05 Å². The van der Waals surface area contributed by atoms with Gasteiger partial charge < -0.3 is 4.74 Å². The topological polar surface area (TPSA) is 117 Å². The lowest BCUT2D eigenvalue weighted by atomic mass is 10.2. The Morgan fingerprint density at radius 3 is 2.74 bits per heavy atom. The van der Waals surface area contributed by atoms with Crippen molar-refractivity contribution in [2.45, 2.75) is 0 Å². The van der Waals surface area contributed by atoms with E-state index >= 15 is 0 Å². The van der Waals surface area contributed by atoms with E-state index in [-0.39, 0.29) is 12.5 Å². The van der Waals surface area contributed by atoms with E-state index in [2.05, 4.69) is 20.5 Å². The Labute approximate surface area is 133 Å². The van der Waals surface area contributed by atoms with Crippen LogP contribution in [-0.2, 0) is 14.8 Å². The van der Waals surface area contributed by atoms with Crippen molar-refractivity contribution < 1.29 is 17.9 Å². The van der Waals surface area contributed by atoms with E-state index < -0.39 is 15.9 Å². The van der Waals surface area contributed by atoms with Crippen molar-refractivity contribution in [3.8, 4) is 17.1 Å². The number of likely N-dealkylation sites (N-methyl/N-ethyl adjacent to an activating group) is 1. The summed E-state index contributed by atoms with van der Waals surface area (Å²) in [4.78, 5) is 16.0. The number of hydrogen-bond acceptors (Lipinski definition) is 6. The third-order valence-electron chi connectivity index (χ3n) is 3.03. The summed E-state index contributed by atoms with van der Waals surface area (Å²) in [6.45, 7) is -0.322. The molecule has 0 aliphatic heterocycles. The standard InChI is InChI=1S/C13H17N5O4S/c1-18(23(3,20)21)8-11(19)14-13-15-12(16-17-13)9-6-4-5-7-10(9)22-2/h4-7H,8H2,1-3H3,(H2,14,15,16,17,19). The molecule has 0 unspecified atom stereocenters.